The van der Waals surface area contributed by atoms with Gasteiger partial charge in [0.25, 0.3) is 0 Å². The van der Waals surface area contributed by atoms with Crippen molar-refractivity contribution in [1.82, 2.24) is 0 Å². The van der Waals surface area contributed by atoms with Gasteiger partial charge in [-0.1, -0.05) is 30.3 Å². The molecule has 1 heterocycles. The monoisotopic (exact) mass is 369 g/mol. The number of fused-ring (bicyclic) bond motifs is 3. The number of methoxy groups -OCH3 is 2. The van der Waals surface area contributed by atoms with Crippen molar-refractivity contribution in [2.24, 2.45) is 0 Å². The zero-order chi connectivity index (χ0) is 18.7. The van der Waals surface area contributed by atoms with Crippen LogP contribution in [-0.2, 0) is 30.1 Å². The number of benzene rings is 2. The molecule has 1 unspecified atom stereocenters. The molecule has 0 aromatic heterocycles. The minimum absolute atomic E-state index is 0.0477. The quantitative estimate of drug-likeness (QED) is 0.359. The molecule has 1 aliphatic heterocycles. The first-order valence-corrected chi connectivity index (χ1v) is 9.47. The zero-order valence-electron chi connectivity index (χ0n) is 14.8. The van der Waals surface area contributed by atoms with Crippen LogP contribution in [0.3, 0.4) is 0 Å². The van der Waals surface area contributed by atoms with Gasteiger partial charge in [0.1, 0.15) is 16.8 Å². The fourth-order valence-electron chi connectivity index (χ4n) is 2.93. The largest absolute Gasteiger partial charge is 0.549 e. The molecule has 0 aliphatic carbocycles. The van der Waals surface area contributed by atoms with Gasteiger partial charge < -0.3 is 14.3 Å². The van der Waals surface area contributed by atoms with Gasteiger partial charge in [-0.15, -0.1) is 6.08 Å². The molecule has 26 heavy (non-hydrogen) atoms. The minimum Gasteiger partial charge on any atom is -0.549 e. The Morgan fingerprint density at radius 2 is 1.65 bits per heavy atom. The molecule has 5 nitrogen and oxygen atoms in total. The van der Waals surface area contributed by atoms with Crippen molar-refractivity contribution in [3.8, 4) is 11.1 Å². The van der Waals surface area contributed by atoms with E-state index in [0.29, 0.717) is 0 Å². The second-order valence-electron chi connectivity index (χ2n) is 5.42. The van der Waals surface area contributed by atoms with Crippen LogP contribution < -0.4 is 4.31 Å². The number of anilines is 1. The van der Waals surface area contributed by atoms with Gasteiger partial charge in [0.05, 0.1) is 19.9 Å². The number of hydrogen-bond acceptors (Lipinski definition) is 5. The van der Waals surface area contributed by atoms with Crippen LogP contribution >= 0.6 is 0 Å². The van der Waals surface area contributed by atoms with E-state index in [-0.39, 0.29) is 5.70 Å². The Labute approximate surface area is 155 Å². The first-order chi connectivity index (χ1) is 12.6. The van der Waals surface area contributed by atoms with Crippen LogP contribution in [0.1, 0.15) is 6.92 Å². The maximum absolute atomic E-state index is 12.5. The zero-order valence-corrected chi connectivity index (χ0v) is 15.6. The standard InChI is InChI=1S/C20H19NO4S/c1-4-26-18-12-8-6-10-15(18)14-9-5-7-11-16(14)21(26)17(20(23)25-3)13-19(22)24-2/h5-12H,4H2,1-3H3. The number of nitrogens with zero attached hydrogens (tertiary/aromatic N) is 1. The number of ether oxygens (including phenoxy) is 2. The summed E-state index contributed by atoms with van der Waals surface area (Å²) < 4.78 is 11.5. The first kappa shape index (κ1) is 18.1. The average molecular weight is 369 g/mol. The summed E-state index contributed by atoms with van der Waals surface area (Å²) in [7, 11) is 2.54. The highest BCUT2D eigenvalue weighted by Gasteiger charge is 2.40. The molecular formula is C20H19NO4S. The number of hydrogen-bond donors (Lipinski definition) is 0. The molecule has 1 aliphatic rings. The number of esters is 2. The van der Waals surface area contributed by atoms with Gasteiger partial charge in [-0.2, -0.15) is 4.31 Å². The van der Waals surface area contributed by atoms with Gasteiger partial charge >= 0.3 is 0 Å². The highest BCUT2D eigenvalue weighted by atomic mass is 32.2. The third-order valence-electron chi connectivity index (χ3n) is 4.04. The summed E-state index contributed by atoms with van der Waals surface area (Å²) in [5.41, 5.74) is 3.01. The van der Waals surface area contributed by atoms with E-state index in [2.05, 4.69) is 18.2 Å². The maximum Gasteiger partial charge on any atom is 0.239 e. The summed E-state index contributed by atoms with van der Waals surface area (Å²) in [6, 6.07) is 15.9. The van der Waals surface area contributed by atoms with E-state index >= 15 is 0 Å². The summed E-state index contributed by atoms with van der Waals surface area (Å²) in [4.78, 5) is 25.4. The molecule has 0 radical (unpaired) electrons. The maximum atomic E-state index is 12.5. The third-order valence-corrected chi connectivity index (χ3v) is 6.27. The van der Waals surface area contributed by atoms with E-state index in [0.717, 1.165) is 27.5 Å². The fraction of sp³-hybridized carbons (Fsp3) is 0.200. The Morgan fingerprint density at radius 3 is 2.31 bits per heavy atom. The van der Waals surface area contributed by atoms with Gasteiger partial charge in [0.2, 0.25) is 5.97 Å². The van der Waals surface area contributed by atoms with Crippen LogP contribution in [0, 0.1) is 6.08 Å². The Bertz CT molecular complexity index is 878. The van der Waals surface area contributed by atoms with Crippen molar-refractivity contribution in [2.75, 3.05) is 24.3 Å². The predicted octanol–water partition coefficient (Wildman–Crippen LogP) is 3.12. The highest BCUT2D eigenvalue weighted by Crippen LogP contribution is 2.45. The number of para-hydroxylation sites is 1. The van der Waals surface area contributed by atoms with E-state index in [1.165, 1.54) is 14.2 Å². The number of carbonyl (C=O) groups excluding carboxylic acids is 2. The summed E-state index contributed by atoms with van der Waals surface area (Å²) in [5, 5.41) is 0. The lowest BCUT2D eigenvalue weighted by Gasteiger charge is -2.34. The lowest BCUT2D eigenvalue weighted by molar-refractivity contribution is -0.139. The molecule has 0 spiro atoms. The SMILES string of the molecule is CC[S+]1c2ccccc2-c2ccccc2N1C(=[C-]C(=O)OC)C(=O)OC. The highest BCUT2D eigenvalue weighted by molar-refractivity contribution is 7.98. The molecule has 2 aromatic rings. The van der Waals surface area contributed by atoms with Crippen molar-refractivity contribution >= 4 is 28.7 Å². The molecule has 0 fully saturated rings. The van der Waals surface area contributed by atoms with Crippen molar-refractivity contribution in [1.29, 1.82) is 0 Å². The molecular weight excluding hydrogens is 350 g/mol. The molecule has 0 N–H and O–H groups in total. The molecule has 134 valence electrons. The molecule has 0 amide bonds. The van der Waals surface area contributed by atoms with E-state index in [1.807, 2.05) is 47.6 Å². The van der Waals surface area contributed by atoms with Gasteiger partial charge in [0.15, 0.2) is 10.9 Å². The Balaban J connectivity index is 2.26. The smallest absolute Gasteiger partial charge is 0.239 e. The lowest BCUT2D eigenvalue weighted by atomic mass is 10.0. The van der Waals surface area contributed by atoms with Gasteiger partial charge in [-0.05, 0) is 25.1 Å². The summed E-state index contributed by atoms with van der Waals surface area (Å²) in [5.74, 6) is -0.591. The van der Waals surface area contributed by atoms with Gasteiger partial charge in [-0.3, -0.25) is 4.79 Å². The van der Waals surface area contributed by atoms with E-state index < -0.39 is 23.0 Å². The molecule has 1 atom stereocenters. The van der Waals surface area contributed by atoms with Crippen LogP contribution in [0.25, 0.3) is 11.1 Å². The van der Waals surface area contributed by atoms with Gasteiger partial charge in [0, 0.05) is 16.8 Å². The van der Waals surface area contributed by atoms with Crippen LogP contribution in [0.2, 0.25) is 0 Å². The summed E-state index contributed by atoms with van der Waals surface area (Å²) in [6.45, 7) is 2.05. The minimum atomic E-state index is -0.721. The van der Waals surface area contributed by atoms with Crippen LogP contribution in [0.15, 0.2) is 59.1 Å². The second-order valence-corrected chi connectivity index (χ2v) is 7.53. The van der Waals surface area contributed by atoms with E-state index in [9.17, 15) is 9.59 Å². The molecule has 0 saturated carbocycles. The second kappa shape index (κ2) is 7.66. The normalized spacial score (nSPS) is 15.7. The topological polar surface area (TPSA) is 55.8 Å². The first-order valence-electron chi connectivity index (χ1n) is 8.12. The number of carbonyl (C=O) groups is 2. The average Bonchev–Trinajstić information content (AvgIpc) is 2.70. The third kappa shape index (κ3) is 3.08. The molecule has 3 rings (SSSR count). The van der Waals surface area contributed by atoms with Crippen molar-refractivity contribution < 1.29 is 19.1 Å². The molecule has 6 heteroatoms. The lowest BCUT2D eigenvalue weighted by Crippen LogP contribution is -2.39. The molecule has 0 bridgehead atoms. The molecule has 2 aromatic carbocycles. The predicted molar refractivity (Wildman–Crippen MR) is 101 cm³/mol. The summed E-state index contributed by atoms with van der Waals surface area (Å²) >= 11 is -0.471. The molecule has 0 saturated heterocycles. The Morgan fingerprint density at radius 1 is 1.00 bits per heavy atom. The summed E-state index contributed by atoms with van der Waals surface area (Å²) in [6.07, 6.45) is 2.54. The van der Waals surface area contributed by atoms with Crippen LogP contribution in [0.4, 0.5) is 5.69 Å². The van der Waals surface area contributed by atoms with Gasteiger partial charge in [-0.25, -0.2) is 0 Å². The van der Waals surface area contributed by atoms with Crippen molar-refractivity contribution in [3.05, 3.63) is 60.3 Å². The fourth-order valence-corrected chi connectivity index (χ4v) is 5.11. The Kier molecular flexibility index (Phi) is 5.32. The van der Waals surface area contributed by atoms with Crippen LogP contribution in [-0.4, -0.2) is 31.9 Å². The van der Waals surface area contributed by atoms with E-state index in [1.54, 1.807) is 0 Å². The van der Waals surface area contributed by atoms with Crippen molar-refractivity contribution in [2.45, 2.75) is 11.8 Å². The van der Waals surface area contributed by atoms with Crippen LogP contribution in [0.5, 0.6) is 0 Å². The van der Waals surface area contributed by atoms with Crippen molar-refractivity contribution in [3.63, 3.8) is 0 Å². The number of rotatable bonds is 4. The Hall–Kier alpha value is -2.73. The van der Waals surface area contributed by atoms with E-state index in [4.69, 9.17) is 9.47 Å².